The molecule has 1 fully saturated rings. The molecule has 1 aliphatic rings. The average molecular weight is 415 g/mol. The van der Waals surface area contributed by atoms with Gasteiger partial charge in [0, 0.05) is 38.9 Å². The Kier molecular flexibility index (Phi) is 5.42. The molecule has 2 aromatic heterocycles. The number of imidazole rings is 1. The first-order chi connectivity index (χ1) is 13.9. The lowest BCUT2D eigenvalue weighted by atomic mass is 10.1. The lowest BCUT2D eigenvalue weighted by Gasteiger charge is -2.18. The van der Waals surface area contributed by atoms with Crippen LogP contribution in [0, 0.1) is 13.8 Å². The minimum Gasteiger partial charge on any atom is -0.383 e. The van der Waals surface area contributed by atoms with Crippen molar-refractivity contribution in [2.45, 2.75) is 37.6 Å². The summed E-state index contributed by atoms with van der Waals surface area (Å²) in [7, 11) is -1.86. The highest BCUT2D eigenvalue weighted by Crippen LogP contribution is 2.33. The molecule has 1 aliphatic heterocycles. The van der Waals surface area contributed by atoms with E-state index in [9.17, 15) is 8.42 Å². The highest BCUT2D eigenvalue weighted by Gasteiger charge is 2.36. The number of aromatic nitrogens is 3. The molecule has 7 nitrogen and oxygen atoms in total. The molecular weight excluding hydrogens is 388 g/mol. The number of aryl methyl sites for hydroxylation is 2. The Labute approximate surface area is 171 Å². The number of pyridine rings is 1. The number of sulfonamides is 1. The fourth-order valence-electron chi connectivity index (χ4n) is 4.08. The lowest BCUT2D eigenvalue weighted by Crippen LogP contribution is -2.29. The number of methoxy groups -OCH3 is 1. The van der Waals surface area contributed by atoms with E-state index in [-0.39, 0.29) is 5.92 Å². The van der Waals surface area contributed by atoms with Gasteiger partial charge >= 0.3 is 0 Å². The second-order valence-electron chi connectivity index (χ2n) is 7.58. The quantitative estimate of drug-likeness (QED) is 0.620. The van der Waals surface area contributed by atoms with E-state index in [4.69, 9.17) is 9.72 Å². The average Bonchev–Trinajstić information content (AvgIpc) is 3.31. The molecule has 8 heteroatoms. The largest absolute Gasteiger partial charge is 0.383 e. The van der Waals surface area contributed by atoms with E-state index in [0.29, 0.717) is 31.1 Å². The third kappa shape index (κ3) is 3.68. The van der Waals surface area contributed by atoms with Crippen molar-refractivity contribution in [3.8, 4) is 0 Å². The van der Waals surface area contributed by atoms with Gasteiger partial charge in [0.05, 0.1) is 11.5 Å². The van der Waals surface area contributed by atoms with Crippen molar-refractivity contribution in [3.05, 3.63) is 53.5 Å². The van der Waals surface area contributed by atoms with Crippen molar-refractivity contribution in [2.75, 3.05) is 26.8 Å². The Morgan fingerprint density at radius 2 is 2.07 bits per heavy atom. The van der Waals surface area contributed by atoms with Crippen LogP contribution in [0.3, 0.4) is 0 Å². The highest BCUT2D eigenvalue weighted by molar-refractivity contribution is 7.89. The first-order valence-corrected chi connectivity index (χ1v) is 11.2. The monoisotopic (exact) mass is 414 g/mol. The maximum absolute atomic E-state index is 13.2. The number of hydrogen-bond donors (Lipinski definition) is 0. The van der Waals surface area contributed by atoms with Crippen molar-refractivity contribution in [3.63, 3.8) is 0 Å². The Balaban J connectivity index is 1.65. The van der Waals surface area contributed by atoms with Crippen LogP contribution in [0.4, 0.5) is 0 Å². The molecule has 3 aromatic rings. The molecular formula is C21H26N4O3S. The molecule has 1 atom stereocenters. The summed E-state index contributed by atoms with van der Waals surface area (Å²) in [4.78, 5) is 9.65. The first kappa shape index (κ1) is 20.0. The fraction of sp³-hybridized carbons (Fsp3) is 0.429. The predicted molar refractivity (Wildman–Crippen MR) is 111 cm³/mol. The van der Waals surface area contributed by atoms with Gasteiger partial charge in [-0.15, -0.1) is 0 Å². The summed E-state index contributed by atoms with van der Waals surface area (Å²) < 4.78 is 35.4. The van der Waals surface area contributed by atoms with Crippen molar-refractivity contribution >= 4 is 21.2 Å². The van der Waals surface area contributed by atoms with E-state index in [0.717, 1.165) is 34.5 Å². The smallest absolute Gasteiger partial charge is 0.243 e. The first-order valence-electron chi connectivity index (χ1n) is 9.79. The third-order valence-corrected chi connectivity index (χ3v) is 7.54. The number of nitrogens with zero attached hydrogens (tertiary/aromatic N) is 4. The zero-order chi connectivity index (χ0) is 20.6. The van der Waals surface area contributed by atoms with Crippen molar-refractivity contribution in [1.82, 2.24) is 18.8 Å². The SMILES string of the molecule is COCCn1c(C2CCN(S(=O)(=O)c3ccc(C)cc3C)C2)nc2cccnc21. The number of hydrogen-bond acceptors (Lipinski definition) is 5. The standard InChI is InChI=1S/C21H26N4O3S/c1-15-6-7-19(16(2)13-15)29(26,27)24-10-8-17(14-24)20-23-18-5-4-9-22-21(18)25(20)11-12-28-3/h4-7,9,13,17H,8,10-12,14H2,1-3H3. The fourth-order valence-corrected chi connectivity index (χ4v) is 5.78. The zero-order valence-corrected chi connectivity index (χ0v) is 17.8. The number of benzene rings is 1. The second kappa shape index (κ2) is 7.85. The molecule has 154 valence electrons. The van der Waals surface area contributed by atoms with Gasteiger partial charge in [0.15, 0.2) is 5.65 Å². The summed E-state index contributed by atoms with van der Waals surface area (Å²) in [5, 5.41) is 0. The normalized spacial score (nSPS) is 18.0. The number of ether oxygens (including phenoxy) is 1. The minimum atomic E-state index is -3.53. The summed E-state index contributed by atoms with van der Waals surface area (Å²) in [6.45, 7) is 5.91. The van der Waals surface area contributed by atoms with Crippen LogP contribution in [0.5, 0.6) is 0 Å². The van der Waals surface area contributed by atoms with Gasteiger partial charge in [0.25, 0.3) is 0 Å². The zero-order valence-electron chi connectivity index (χ0n) is 17.0. The molecule has 0 bridgehead atoms. The van der Waals surface area contributed by atoms with Crippen LogP contribution >= 0.6 is 0 Å². The van der Waals surface area contributed by atoms with Gasteiger partial charge in [-0.1, -0.05) is 17.7 Å². The van der Waals surface area contributed by atoms with E-state index < -0.39 is 10.0 Å². The summed E-state index contributed by atoms with van der Waals surface area (Å²) in [5.41, 5.74) is 3.48. The summed E-state index contributed by atoms with van der Waals surface area (Å²) in [5.74, 6) is 0.913. The van der Waals surface area contributed by atoms with Crippen LogP contribution in [-0.2, 0) is 21.3 Å². The van der Waals surface area contributed by atoms with Crippen LogP contribution in [0.25, 0.3) is 11.2 Å². The predicted octanol–water partition coefficient (Wildman–Crippen LogP) is 2.87. The van der Waals surface area contributed by atoms with Gasteiger partial charge in [0.2, 0.25) is 10.0 Å². The third-order valence-electron chi connectivity index (χ3n) is 5.52. The minimum absolute atomic E-state index is 0.0292. The molecule has 0 N–H and O–H groups in total. The van der Waals surface area contributed by atoms with Crippen LogP contribution in [0.1, 0.15) is 29.3 Å². The van der Waals surface area contributed by atoms with Crippen molar-refractivity contribution in [1.29, 1.82) is 0 Å². The van der Waals surface area contributed by atoms with Gasteiger partial charge in [-0.3, -0.25) is 0 Å². The van der Waals surface area contributed by atoms with Crippen molar-refractivity contribution < 1.29 is 13.2 Å². The summed E-state index contributed by atoms with van der Waals surface area (Å²) >= 11 is 0. The molecule has 0 saturated carbocycles. The summed E-state index contributed by atoms with van der Waals surface area (Å²) in [6.07, 6.45) is 2.49. The van der Waals surface area contributed by atoms with E-state index >= 15 is 0 Å². The van der Waals surface area contributed by atoms with Gasteiger partial charge in [-0.2, -0.15) is 4.31 Å². The molecule has 4 rings (SSSR count). The molecule has 1 aromatic carbocycles. The number of fused-ring (bicyclic) bond motifs is 1. The molecule has 0 spiro atoms. The molecule has 1 saturated heterocycles. The van der Waals surface area contributed by atoms with Gasteiger partial charge in [-0.05, 0) is 44.0 Å². The molecule has 0 radical (unpaired) electrons. The van der Waals surface area contributed by atoms with Crippen LogP contribution < -0.4 is 0 Å². The van der Waals surface area contributed by atoms with Gasteiger partial charge in [0.1, 0.15) is 11.3 Å². The molecule has 1 unspecified atom stereocenters. The second-order valence-corrected chi connectivity index (χ2v) is 9.48. The Hall–Kier alpha value is -2.29. The molecule has 3 heterocycles. The Morgan fingerprint density at radius 3 is 2.83 bits per heavy atom. The van der Waals surface area contributed by atoms with E-state index in [1.807, 2.05) is 38.1 Å². The topological polar surface area (TPSA) is 77.3 Å². The number of rotatable bonds is 6. The maximum Gasteiger partial charge on any atom is 0.243 e. The van der Waals surface area contributed by atoms with Gasteiger partial charge in [-0.25, -0.2) is 18.4 Å². The van der Waals surface area contributed by atoms with Crippen LogP contribution in [-0.4, -0.2) is 54.1 Å². The van der Waals surface area contributed by atoms with Crippen molar-refractivity contribution in [2.24, 2.45) is 0 Å². The lowest BCUT2D eigenvalue weighted by molar-refractivity contribution is 0.187. The van der Waals surface area contributed by atoms with Gasteiger partial charge < -0.3 is 9.30 Å². The van der Waals surface area contributed by atoms with E-state index in [1.165, 1.54) is 0 Å². The summed E-state index contributed by atoms with van der Waals surface area (Å²) in [6, 6.07) is 9.28. The Bertz CT molecular complexity index is 1140. The Morgan fingerprint density at radius 1 is 1.24 bits per heavy atom. The van der Waals surface area contributed by atoms with E-state index in [2.05, 4.69) is 9.55 Å². The van der Waals surface area contributed by atoms with E-state index in [1.54, 1.807) is 23.7 Å². The van der Waals surface area contributed by atoms with Crippen LogP contribution in [0.2, 0.25) is 0 Å². The molecule has 29 heavy (non-hydrogen) atoms. The highest BCUT2D eigenvalue weighted by atomic mass is 32.2. The van der Waals surface area contributed by atoms with Crippen LogP contribution in [0.15, 0.2) is 41.4 Å². The maximum atomic E-state index is 13.2. The molecule has 0 amide bonds. The molecule has 0 aliphatic carbocycles.